The minimum absolute atomic E-state index is 0.0909. The lowest BCUT2D eigenvalue weighted by molar-refractivity contribution is -0.114. The third-order valence-corrected chi connectivity index (χ3v) is 3.77. The Morgan fingerprint density at radius 3 is 2.84 bits per heavy atom. The molecule has 0 saturated carbocycles. The fourth-order valence-electron chi connectivity index (χ4n) is 2.68. The maximum Gasteiger partial charge on any atom is 0.163 e. The highest BCUT2D eigenvalue weighted by Crippen LogP contribution is 2.37. The molecule has 96 valence electrons. The zero-order valence-electron chi connectivity index (χ0n) is 11.3. The van der Waals surface area contributed by atoms with Gasteiger partial charge in [0.2, 0.25) is 0 Å². The third-order valence-electron chi connectivity index (χ3n) is 3.77. The zero-order valence-corrected chi connectivity index (χ0v) is 11.3. The zero-order chi connectivity index (χ0) is 13.5. The summed E-state index contributed by atoms with van der Waals surface area (Å²) >= 11 is 0. The number of aromatic nitrogens is 1. The third kappa shape index (κ3) is 2.19. The van der Waals surface area contributed by atoms with Gasteiger partial charge in [0, 0.05) is 23.6 Å². The molecule has 0 amide bonds. The summed E-state index contributed by atoms with van der Waals surface area (Å²) < 4.78 is 0. The molecule has 1 aliphatic rings. The molecule has 2 aromatic rings. The molecule has 0 saturated heterocycles. The SMILES string of the molecule is CC1(C)C=C(c2cccc3ncccc23)C(=O)CC1. The number of Topliss-reactive ketones (excluding diaryl/α,β-unsaturated/α-hetero) is 1. The Labute approximate surface area is 113 Å². The van der Waals surface area contributed by atoms with Gasteiger partial charge in [0.1, 0.15) is 0 Å². The molecule has 2 nitrogen and oxygen atoms in total. The van der Waals surface area contributed by atoms with Gasteiger partial charge in [-0.1, -0.05) is 38.1 Å². The second-order valence-electron chi connectivity index (χ2n) is 5.85. The van der Waals surface area contributed by atoms with Crippen LogP contribution in [0.2, 0.25) is 0 Å². The molecule has 2 heteroatoms. The summed E-state index contributed by atoms with van der Waals surface area (Å²) in [5, 5.41) is 1.06. The number of rotatable bonds is 1. The maximum atomic E-state index is 12.2. The number of fused-ring (bicyclic) bond motifs is 1. The van der Waals surface area contributed by atoms with Gasteiger partial charge in [-0.15, -0.1) is 0 Å². The van der Waals surface area contributed by atoms with Gasteiger partial charge in [0.25, 0.3) is 0 Å². The van der Waals surface area contributed by atoms with Crippen molar-refractivity contribution in [2.45, 2.75) is 26.7 Å². The van der Waals surface area contributed by atoms with Crippen molar-refractivity contribution in [2.24, 2.45) is 5.41 Å². The highest BCUT2D eigenvalue weighted by Gasteiger charge is 2.27. The Morgan fingerprint density at radius 1 is 1.16 bits per heavy atom. The van der Waals surface area contributed by atoms with Gasteiger partial charge in [-0.25, -0.2) is 0 Å². The van der Waals surface area contributed by atoms with Crippen molar-refractivity contribution < 1.29 is 4.79 Å². The van der Waals surface area contributed by atoms with Crippen LogP contribution in [0.4, 0.5) is 0 Å². The first-order valence-electron chi connectivity index (χ1n) is 6.67. The van der Waals surface area contributed by atoms with Crippen LogP contribution in [-0.2, 0) is 4.79 Å². The summed E-state index contributed by atoms with van der Waals surface area (Å²) in [6.07, 6.45) is 5.47. The van der Waals surface area contributed by atoms with Crippen molar-refractivity contribution in [1.82, 2.24) is 4.98 Å². The lowest BCUT2D eigenvalue weighted by Crippen LogP contribution is -2.19. The highest BCUT2D eigenvalue weighted by molar-refractivity contribution is 6.24. The first-order chi connectivity index (χ1) is 9.07. The molecule has 1 heterocycles. The van der Waals surface area contributed by atoms with Gasteiger partial charge < -0.3 is 0 Å². The molecule has 0 spiro atoms. The van der Waals surface area contributed by atoms with Crippen LogP contribution in [0.5, 0.6) is 0 Å². The van der Waals surface area contributed by atoms with E-state index < -0.39 is 0 Å². The maximum absolute atomic E-state index is 12.2. The number of ketones is 1. The van der Waals surface area contributed by atoms with E-state index in [4.69, 9.17) is 0 Å². The predicted octanol–water partition coefficient (Wildman–Crippen LogP) is 4.01. The number of carbonyl (C=O) groups excluding carboxylic acids is 1. The number of allylic oxidation sites excluding steroid dienone is 2. The monoisotopic (exact) mass is 251 g/mol. The first kappa shape index (κ1) is 12.1. The molecule has 19 heavy (non-hydrogen) atoms. The van der Waals surface area contributed by atoms with E-state index in [1.807, 2.05) is 30.3 Å². The van der Waals surface area contributed by atoms with Gasteiger partial charge in [-0.3, -0.25) is 9.78 Å². The number of pyridine rings is 1. The first-order valence-corrected chi connectivity index (χ1v) is 6.67. The van der Waals surface area contributed by atoms with E-state index in [0.717, 1.165) is 28.5 Å². The van der Waals surface area contributed by atoms with E-state index >= 15 is 0 Å². The Hall–Kier alpha value is -1.96. The molecule has 1 aromatic heterocycles. The number of hydrogen-bond acceptors (Lipinski definition) is 2. The predicted molar refractivity (Wildman–Crippen MR) is 77.7 cm³/mol. The van der Waals surface area contributed by atoms with E-state index in [1.165, 1.54) is 0 Å². The number of benzene rings is 1. The fourth-order valence-corrected chi connectivity index (χ4v) is 2.68. The van der Waals surface area contributed by atoms with E-state index in [0.29, 0.717) is 6.42 Å². The van der Waals surface area contributed by atoms with E-state index in [1.54, 1.807) is 6.20 Å². The van der Waals surface area contributed by atoms with Crippen LogP contribution in [0.1, 0.15) is 32.3 Å². The normalized spacial score (nSPS) is 18.4. The van der Waals surface area contributed by atoms with Crippen molar-refractivity contribution in [1.29, 1.82) is 0 Å². The quantitative estimate of drug-likeness (QED) is 0.766. The highest BCUT2D eigenvalue weighted by atomic mass is 16.1. The number of nitrogens with zero attached hydrogens (tertiary/aromatic N) is 1. The van der Waals surface area contributed by atoms with E-state index in [2.05, 4.69) is 24.9 Å². The Balaban J connectivity index is 2.24. The second kappa shape index (κ2) is 4.30. The average molecular weight is 251 g/mol. The molecule has 1 aromatic carbocycles. The fraction of sp³-hybridized carbons (Fsp3) is 0.294. The minimum atomic E-state index is 0.0909. The van der Waals surface area contributed by atoms with Crippen LogP contribution in [0.25, 0.3) is 16.5 Å². The van der Waals surface area contributed by atoms with Crippen LogP contribution < -0.4 is 0 Å². The standard InChI is InChI=1S/C17H17NO/c1-17(2)9-8-16(19)14(11-17)12-5-3-7-15-13(12)6-4-10-18-15/h3-7,10-11H,8-9H2,1-2H3. The van der Waals surface area contributed by atoms with Crippen LogP contribution in [0, 0.1) is 5.41 Å². The Kier molecular flexibility index (Phi) is 2.74. The molecule has 0 N–H and O–H groups in total. The summed E-state index contributed by atoms with van der Waals surface area (Å²) in [5.74, 6) is 0.246. The largest absolute Gasteiger partial charge is 0.294 e. The number of carbonyl (C=O) groups is 1. The second-order valence-corrected chi connectivity index (χ2v) is 5.85. The Morgan fingerprint density at radius 2 is 2.00 bits per heavy atom. The van der Waals surface area contributed by atoms with E-state index in [9.17, 15) is 4.79 Å². The molecule has 0 unspecified atom stereocenters. The molecule has 0 atom stereocenters. The van der Waals surface area contributed by atoms with Gasteiger partial charge in [0.05, 0.1) is 5.52 Å². The summed E-state index contributed by atoms with van der Waals surface area (Å²) in [5.41, 5.74) is 2.91. The van der Waals surface area contributed by atoms with Crippen LogP contribution in [0.15, 0.2) is 42.6 Å². The van der Waals surface area contributed by atoms with Crippen molar-refractivity contribution in [2.75, 3.05) is 0 Å². The summed E-state index contributed by atoms with van der Waals surface area (Å²) in [7, 11) is 0. The lowest BCUT2D eigenvalue weighted by atomic mass is 9.77. The van der Waals surface area contributed by atoms with Crippen molar-refractivity contribution in [3.05, 3.63) is 48.2 Å². The summed E-state index contributed by atoms with van der Waals surface area (Å²) in [6, 6.07) is 9.94. The van der Waals surface area contributed by atoms with Crippen molar-refractivity contribution in [3.8, 4) is 0 Å². The molecule has 1 aliphatic carbocycles. The molecule has 0 aliphatic heterocycles. The summed E-state index contributed by atoms with van der Waals surface area (Å²) in [6.45, 7) is 4.37. The molecule has 0 bridgehead atoms. The molecule has 0 radical (unpaired) electrons. The molecule has 3 rings (SSSR count). The lowest BCUT2D eigenvalue weighted by Gasteiger charge is -2.27. The average Bonchev–Trinajstić information content (AvgIpc) is 2.41. The summed E-state index contributed by atoms with van der Waals surface area (Å²) in [4.78, 5) is 16.6. The van der Waals surface area contributed by atoms with Crippen LogP contribution in [-0.4, -0.2) is 10.8 Å². The molecular weight excluding hydrogens is 234 g/mol. The van der Waals surface area contributed by atoms with Crippen molar-refractivity contribution in [3.63, 3.8) is 0 Å². The molecular formula is C17H17NO. The van der Waals surface area contributed by atoms with Crippen LogP contribution >= 0.6 is 0 Å². The molecule has 0 fully saturated rings. The number of hydrogen-bond donors (Lipinski definition) is 0. The smallest absolute Gasteiger partial charge is 0.163 e. The van der Waals surface area contributed by atoms with Crippen LogP contribution in [0.3, 0.4) is 0 Å². The van der Waals surface area contributed by atoms with Gasteiger partial charge >= 0.3 is 0 Å². The van der Waals surface area contributed by atoms with Gasteiger partial charge in [-0.05, 0) is 29.5 Å². The van der Waals surface area contributed by atoms with Crippen molar-refractivity contribution >= 4 is 22.3 Å². The van der Waals surface area contributed by atoms with Gasteiger partial charge in [-0.2, -0.15) is 0 Å². The van der Waals surface area contributed by atoms with Gasteiger partial charge in [0.15, 0.2) is 5.78 Å². The topological polar surface area (TPSA) is 30.0 Å². The minimum Gasteiger partial charge on any atom is -0.294 e. The van der Waals surface area contributed by atoms with E-state index in [-0.39, 0.29) is 11.2 Å². The Bertz CT molecular complexity index is 677.